The van der Waals surface area contributed by atoms with Crippen molar-refractivity contribution in [3.05, 3.63) is 30.1 Å². The zero-order chi connectivity index (χ0) is 13.7. The molecule has 4 heteroatoms. The van der Waals surface area contributed by atoms with Crippen LogP contribution in [0.15, 0.2) is 24.5 Å². The van der Waals surface area contributed by atoms with E-state index in [2.05, 4.69) is 4.98 Å². The molecule has 0 spiro atoms. The van der Waals surface area contributed by atoms with E-state index in [0.29, 0.717) is 6.42 Å². The van der Waals surface area contributed by atoms with Gasteiger partial charge in [0.15, 0.2) is 0 Å². The number of Topliss-reactive ketones (excluding diaryl/α,β-unsaturated/α-hetero) is 1. The normalized spacial score (nSPS) is 16.4. The molecule has 1 saturated heterocycles. The van der Waals surface area contributed by atoms with E-state index < -0.39 is 0 Å². The van der Waals surface area contributed by atoms with Gasteiger partial charge in [-0.05, 0) is 43.9 Å². The SMILES string of the molecule is CC(=O)C1CCN(C(=O)CCc2ccncc2)CC1. The number of nitrogens with zero attached hydrogens (tertiary/aromatic N) is 2. The second kappa shape index (κ2) is 6.45. The fourth-order valence-electron chi connectivity index (χ4n) is 2.49. The summed E-state index contributed by atoms with van der Waals surface area (Å²) in [6.45, 7) is 3.09. The number of carbonyl (C=O) groups excluding carboxylic acids is 2. The van der Waals surface area contributed by atoms with Crippen LogP contribution in [-0.2, 0) is 16.0 Å². The Labute approximate surface area is 113 Å². The first kappa shape index (κ1) is 13.7. The summed E-state index contributed by atoms with van der Waals surface area (Å²) >= 11 is 0. The number of rotatable bonds is 4. The summed E-state index contributed by atoms with van der Waals surface area (Å²) in [5.41, 5.74) is 1.14. The van der Waals surface area contributed by atoms with E-state index in [1.54, 1.807) is 19.3 Å². The van der Waals surface area contributed by atoms with E-state index in [1.807, 2.05) is 17.0 Å². The molecule has 0 atom stereocenters. The minimum Gasteiger partial charge on any atom is -0.343 e. The molecule has 4 nitrogen and oxygen atoms in total. The number of aryl methyl sites for hydroxylation is 1. The van der Waals surface area contributed by atoms with Crippen LogP contribution in [0.3, 0.4) is 0 Å². The van der Waals surface area contributed by atoms with Crippen LogP contribution >= 0.6 is 0 Å². The summed E-state index contributed by atoms with van der Waals surface area (Å²) in [5, 5.41) is 0. The lowest BCUT2D eigenvalue weighted by Crippen LogP contribution is -2.40. The number of aromatic nitrogens is 1. The Kier molecular flexibility index (Phi) is 4.66. The maximum Gasteiger partial charge on any atom is 0.222 e. The monoisotopic (exact) mass is 260 g/mol. The van der Waals surface area contributed by atoms with Crippen molar-refractivity contribution in [2.45, 2.75) is 32.6 Å². The average Bonchev–Trinajstić information content (AvgIpc) is 2.46. The number of likely N-dealkylation sites (tertiary alicyclic amines) is 1. The number of pyridine rings is 1. The van der Waals surface area contributed by atoms with Crippen LogP contribution in [-0.4, -0.2) is 34.7 Å². The van der Waals surface area contributed by atoms with Crippen molar-refractivity contribution in [3.8, 4) is 0 Å². The molecule has 0 radical (unpaired) electrons. The Balaban J connectivity index is 1.77. The van der Waals surface area contributed by atoms with Gasteiger partial charge in [0, 0.05) is 37.8 Å². The van der Waals surface area contributed by atoms with Gasteiger partial charge in [0.25, 0.3) is 0 Å². The van der Waals surface area contributed by atoms with Gasteiger partial charge in [0.2, 0.25) is 5.91 Å². The smallest absolute Gasteiger partial charge is 0.222 e. The molecule has 1 fully saturated rings. The molecule has 0 saturated carbocycles. The second-order valence-corrected chi connectivity index (χ2v) is 5.12. The molecule has 1 aliphatic heterocycles. The van der Waals surface area contributed by atoms with Gasteiger partial charge in [-0.25, -0.2) is 0 Å². The van der Waals surface area contributed by atoms with Gasteiger partial charge in [-0.1, -0.05) is 0 Å². The maximum atomic E-state index is 12.1. The van der Waals surface area contributed by atoms with Gasteiger partial charge < -0.3 is 4.90 Å². The number of hydrogen-bond acceptors (Lipinski definition) is 3. The quantitative estimate of drug-likeness (QED) is 0.830. The Morgan fingerprint density at radius 2 is 1.89 bits per heavy atom. The lowest BCUT2D eigenvalue weighted by atomic mass is 9.93. The highest BCUT2D eigenvalue weighted by Crippen LogP contribution is 2.18. The molecule has 1 aromatic rings. The second-order valence-electron chi connectivity index (χ2n) is 5.12. The molecular weight excluding hydrogens is 240 g/mol. The van der Waals surface area contributed by atoms with Gasteiger partial charge in [-0.2, -0.15) is 0 Å². The molecule has 1 amide bonds. The fourth-order valence-corrected chi connectivity index (χ4v) is 2.49. The Morgan fingerprint density at radius 3 is 2.47 bits per heavy atom. The average molecular weight is 260 g/mol. The highest BCUT2D eigenvalue weighted by molar-refractivity contribution is 5.79. The fraction of sp³-hybridized carbons (Fsp3) is 0.533. The molecule has 2 rings (SSSR count). The number of hydrogen-bond donors (Lipinski definition) is 0. The van der Waals surface area contributed by atoms with Crippen LogP contribution in [0, 0.1) is 5.92 Å². The highest BCUT2D eigenvalue weighted by atomic mass is 16.2. The predicted octanol–water partition coefficient (Wildman–Crippen LogP) is 1.84. The minimum atomic E-state index is 0.157. The summed E-state index contributed by atoms with van der Waals surface area (Å²) < 4.78 is 0. The molecule has 2 heterocycles. The van der Waals surface area contributed by atoms with Gasteiger partial charge in [-0.15, -0.1) is 0 Å². The molecule has 1 aliphatic rings. The third kappa shape index (κ3) is 3.88. The zero-order valence-corrected chi connectivity index (χ0v) is 11.3. The van der Waals surface area contributed by atoms with Crippen molar-refractivity contribution in [3.63, 3.8) is 0 Å². The van der Waals surface area contributed by atoms with Crippen LogP contribution in [0.2, 0.25) is 0 Å². The standard InChI is InChI=1S/C15H20N2O2/c1-12(18)14-6-10-17(11-7-14)15(19)3-2-13-4-8-16-9-5-13/h4-5,8-9,14H,2-3,6-7,10-11H2,1H3. The molecule has 0 aliphatic carbocycles. The predicted molar refractivity (Wildman–Crippen MR) is 72.5 cm³/mol. The Morgan fingerprint density at radius 1 is 1.26 bits per heavy atom. The van der Waals surface area contributed by atoms with Crippen LogP contribution in [0.5, 0.6) is 0 Å². The van der Waals surface area contributed by atoms with Crippen molar-refractivity contribution in [2.24, 2.45) is 5.92 Å². The summed E-state index contributed by atoms with van der Waals surface area (Å²) in [6, 6.07) is 3.88. The summed E-state index contributed by atoms with van der Waals surface area (Å²) in [4.78, 5) is 29.2. The zero-order valence-electron chi connectivity index (χ0n) is 11.3. The van der Waals surface area contributed by atoms with Crippen LogP contribution < -0.4 is 0 Å². The molecule has 0 unspecified atom stereocenters. The lowest BCUT2D eigenvalue weighted by molar-refractivity contribution is -0.134. The number of amides is 1. The number of carbonyl (C=O) groups is 2. The van der Waals surface area contributed by atoms with Crippen molar-refractivity contribution in [1.82, 2.24) is 9.88 Å². The summed E-state index contributed by atoms with van der Waals surface area (Å²) in [6.07, 6.45) is 6.42. The van der Waals surface area contributed by atoms with Crippen molar-refractivity contribution < 1.29 is 9.59 Å². The van der Waals surface area contributed by atoms with Crippen molar-refractivity contribution in [1.29, 1.82) is 0 Å². The molecule has 19 heavy (non-hydrogen) atoms. The summed E-state index contributed by atoms with van der Waals surface area (Å²) in [7, 11) is 0. The van der Waals surface area contributed by atoms with Crippen molar-refractivity contribution >= 4 is 11.7 Å². The maximum absolute atomic E-state index is 12.1. The molecular formula is C15H20N2O2. The first-order chi connectivity index (χ1) is 9.16. The first-order valence-corrected chi connectivity index (χ1v) is 6.84. The van der Waals surface area contributed by atoms with E-state index in [9.17, 15) is 9.59 Å². The van der Waals surface area contributed by atoms with E-state index in [0.717, 1.165) is 37.9 Å². The van der Waals surface area contributed by atoms with Gasteiger partial charge in [0.1, 0.15) is 5.78 Å². The van der Waals surface area contributed by atoms with Crippen LogP contribution in [0.4, 0.5) is 0 Å². The third-order valence-electron chi connectivity index (χ3n) is 3.80. The Hall–Kier alpha value is -1.71. The number of ketones is 1. The molecule has 0 aromatic carbocycles. The third-order valence-corrected chi connectivity index (χ3v) is 3.80. The largest absolute Gasteiger partial charge is 0.343 e. The molecule has 0 bridgehead atoms. The van der Waals surface area contributed by atoms with E-state index in [1.165, 1.54) is 0 Å². The lowest BCUT2D eigenvalue weighted by Gasteiger charge is -2.31. The number of piperidine rings is 1. The van der Waals surface area contributed by atoms with Crippen LogP contribution in [0.25, 0.3) is 0 Å². The first-order valence-electron chi connectivity index (χ1n) is 6.84. The molecule has 0 N–H and O–H groups in total. The van der Waals surface area contributed by atoms with Gasteiger partial charge in [0.05, 0.1) is 0 Å². The van der Waals surface area contributed by atoms with Gasteiger partial charge in [-0.3, -0.25) is 14.6 Å². The topological polar surface area (TPSA) is 50.3 Å². The highest BCUT2D eigenvalue weighted by Gasteiger charge is 2.24. The van der Waals surface area contributed by atoms with Gasteiger partial charge >= 0.3 is 0 Å². The van der Waals surface area contributed by atoms with E-state index >= 15 is 0 Å². The van der Waals surface area contributed by atoms with Crippen molar-refractivity contribution in [2.75, 3.05) is 13.1 Å². The van der Waals surface area contributed by atoms with E-state index in [4.69, 9.17) is 0 Å². The van der Waals surface area contributed by atoms with E-state index in [-0.39, 0.29) is 17.6 Å². The summed E-state index contributed by atoms with van der Waals surface area (Å²) in [5.74, 6) is 0.604. The van der Waals surface area contributed by atoms with Crippen LogP contribution in [0.1, 0.15) is 31.7 Å². The Bertz CT molecular complexity index is 437. The molecule has 1 aromatic heterocycles. The molecule has 102 valence electrons. The minimum absolute atomic E-state index is 0.157.